The maximum atomic E-state index is 12.4. The molecule has 0 aromatic carbocycles. The summed E-state index contributed by atoms with van der Waals surface area (Å²) in [5, 5.41) is 0.152. The summed E-state index contributed by atoms with van der Waals surface area (Å²) < 4.78 is 7.28. The second-order valence-electron chi connectivity index (χ2n) is 4.80. The van der Waals surface area contributed by atoms with E-state index in [1.165, 1.54) is 4.57 Å². The van der Waals surface area contributed by atoms with Gasteiger partial charge in [-0.25, -0.2) is 9.97 Å². The SMILES string of the molecule is CC=Cc1c(OC2CC2)c(=O)n(C)c2cnc(Cl)nc12. The van der Waals surface area contributed by atoms with Gasteiger partial charge in [0, 0.05) is 7.05 Å². The van der Waals surface area contributed by atoms with Gasteiger partial charge in [-0.05, 0) is 31.4 Å². The quantitative estimate of drug-likeness (QED) is 0.816. The molecule has 3 rings (SSSR count). The number of hydrogen-bond acceptors (Lipinski definition) is 4. The molecule has 104 valence electrons. The van der Waals surface area contributed by atoms with Crippen LogP contribution in [0.15, 0.2) is 17.1 Å². The minimum atomic E-state index is -0.177. The number of pyridine rings is 1. The van der Waals surface area contributed by atoms with Crippen LogP contribution in [0.5, 0.6) is 5.75 Å². The van der Waals surface area contributed by atoms with Crippen LogP contribution in [0, 0.1) is 0 Å². The molecule has 20 heavy (non-hydrogen) atoms. The standard InChI is InChI=1S/C14H14ClN3O2/c1-3-4-9-11-10(7-16-14(15)17-11)18(2)13(19)12(9)20-8-5-6-8/h3-4,7-8H,5-6H2,1-2H3. The average Bonchev–Trinajstić information content (AvgIpc) is 3.24. The summed E-state index contributed by atoms with van der Waals surface area (Å²) in [5.41, 5.74) is 1.75. The number of halogens is 1. The Morgan fingerprint density at radius 1 is 1.50 bits per heavy atom. The molecule has 6 heteroatoms. The summed E-state index contributed by atoms with van der Waals surface area (Å²) in [6, 6.07) is 0. The van der Waals surface area contributed by atoms with Crippen molar-refractivity contribution in [1.82, 2.24) is 14.5 Å². The van der Waals surface area contributed by atoms with Crippen LogP contribution in [-0.4, -0.2) is 20.6 Å². The number of allylic oxidation sites excluding steroid dienone is 1. The van der Waals surface area contributed by atoms with E-state index in [2.05, 4.69) is 9.97 Å². The number of fused-ring (bicyclic) bond motifs is 1. The Balaban J connectivity index is 2.37. The lowest BCUT2D eigenvalue weighted by Gasteiger charge is -2.13. The Labute approximate surface area is 120 Å². The molecule has 0 radical (unpaired) electrons. The lowest BCUT2D eigenvalue weighted by molar-refractivity contribution is 0.297. The zero-order valence-corrected chi connectivity index (χ0v) is 12.0. The smallest absolute Gasteiger partial charge is 0.293 e. The first-order valence-corrected chi connectivity index (χ1v) is 6.84. The van der Waals surface area contributed by atoms with E-state index < -0.39 is 0 Å². The first-order valence-electron chi connectivity index (χ1n) is 6.46. The molecule has 0 saturated heterocycles. The summed E-state index contributed by atoms with van der Waals surface area (Å²) in [7, 11) is 1.68. The van der Waals surface area contributed by atoms with Crippen LogP contribution in [0.25, 0.3) is 17.1 Å². The summed E-state index contributed by atoms with van der Waals surface area (Å²) in [6.45, 7) is 1.88. The first kappa shape index (κ1) is 13.1. The van der Waals surface area contributed by atoms with Crippen molar-refractivity contribution in [2.24, 2.45) is 7.05 Å². The van der Waals surface area contributed by atoms with Crippen LogP contribution < -0.4 is 10.3 Å². The summed E-state index contributed by atoms with van der Waals surface area (Å²) in [6.07, 6.45) is 7.35. The van der Waals surface area contributed by atoms with Gasteiger partial charge in [0.2, 0.25) is 5.28 Å². The third-order valence-corrected chi connectivity index (χ3v) is 3.42. The van der Waals surface area contributed by atoms with Gasteiger partial charge in [0.1, 0.15) is 5.52 Å². The third-order valence-electron chi connectivity index (χ3n) is 3.24. The van der Waals surface area contributed by atoms with Crippen molar-refractivity contribution in [3.8, 4) is 5.75 Å². The number of aromatic nitrogens is 3. The Morgan fingerprint density at radius 3 is 2.90 bits per heavy atom. The maximum absolute atomic E-state index is 12.4. The van der Waals surface area contributed by atoms with Crippen LogP contribution in [0.3, 0.4) is 0 Å². The van der Waals surface area contributed by atoms with Crippen LogP contribution in [0.4, 0.5) is 0 Å². The fourth-order valence-corrected chi connectivity index (χ4v) is 2.20. The van der Waals surface area contributed by atoms with Crippen molar-refractivity contribution in [1.29, 1.82) is 0 Å². The van der Waals surface area contributed by atoms with E-state index in [1.807, 2.05) is 19.1 Å². The van der Waals surface area contributed by atoms with Crippen molar-refractivity contribution in [3.63, 3.8) is 0 Å². The zero-order valence-electron chi connectivity index (χ0n) is 11.3. The number of nitrogens with zero attached hydrogens (tertiary/aromatic N) is 3. The average molecular weight is 292 g/mol. The van der Waals surface area contributed by atoms with Crippen molar-refractivity contribution >= 4 is 28.7 Å². The minimum absolute atomic E-state index is 0.140. The second-order valence-corrected chi connectivity index (χ2v) is 5.14. The Morgan fingerprint density at radius 2 is 2.25 bits per heavy atom. The molecule has 0 spiro atoms. The van der Waals surface area contributed by atoms with Crippen molar-refractivity contribution in [2.45, 2.75) is 25.9 Å². The molecule has 1 fully saturated rings. The molecule has 2 aromatic rings. The molecule has 0 N–H and O–H groups in total. The summed E-state index contributed by atoms with van der Waals surface area (Å²) >= 11 is 5.88. The van der Waals surface area contributed by atoms with E-state index in [-0.39, 0.29) is 16.9 Å². The second kappa shape index (κ2) is 4.90. The van der Waals surface area contributed by atoms with Crippen molar-refractivity contribution in [2.75, 3.05) is 0 Å². The van der Waals surface area contributed by atoms with Gasteiger partial charge < -0.3 is 9.30 Å². The van der Waals surface area contributed by atoms with Gasteiger partial charge in [0.05, 0.1) is 23.4 Å². The summed E-state index contributed by atoms with van der Waals surface area (Å²) in [4.78, 5) is 20.6. The highest BCUT2D eigenvalue weighted by Crippen LogP contribution is 2.30. The Bertz CT molecular complexity index is 763. The van der Waals surface area contributed by atoms with Crippen LogP contribution in [0.1, 0.15) is 25.3 Å². The molecule has 5 nitrogen and oxygen atoms in total. The van der Waals surface area contributed by atoms with E-state index in [0.29, 0.717) is 22.3 Å². The maximum Gasteiger partial charge on any atom is 0.293 e. The normalized spacial score (nSPS) is 15.2. The van der Waals surface area contributed by atoms with E-state index in [9.17, 15) is 4.79 Å². The van der Waals surface area contributed by atoms with Crippen LogP contribution >= 0.6 is 11.6 Å². The lowest BCUT2D eigenvalue weighted by Crippen LogP contribution is -2.22. The number of rotatable bonds is 3. The Hall–Kier alpha value is -1.88. The van der Waals surface area contributed by atoms with Gasteiger partial charge in [-0.1, -0.05) is 12.2 Å². The van der Waals surface area contributed by atoms with Crippen LogP contribution in [-0.2, 0) is 7.05 Å². The highest BCUT2D eigenvalue weighted by molar-refractivity contribution is 6.28. The molecule has 0 unspecified atom stereocenters. The van der Waals surface area contributed by atoms with E-state index in [0.717, 1.165) is 12.8 Å². The van der Waals surface area contributed by atoms with Crippen molar-refractivity contribution in [3.05, 3.63) is 33.5 Å². The number of ether oxygens (including phenoxy) is 1. The molecule has 0 bridgehead atoms. The molecule has 2 heterocycles. The highest BCUT2D eigenvalue weighted by Gasteiger charge is 2.27. The molecular formula is C14H14ClN3O2. The summed E-state index contributed by atoms with van der Waals surface area (Å²) in [5.74, 6) is 0.343. The monoisotopic (exact) mass is 291 g/mol. The van der Waals surface area contributed by atoms with Gasteiger partial charge in [-0.3, -0.25) is 4.79 Å². The van der Waals surface area contributed by atoms with Crippen LogP contribution in [0.2, 0.25) is 5.28 Å². The number of aryl methyl sites for hydroxylation is 1. The lowest BCUT2D eigenvalue weighted by atomic mass is 10.1. The fourth-order valence-electron chi connectivity index (χ4n) is 2.07. The molecule has 0 atom stereocenters. The first-order chi connectivity index (χ1) is 9.61. The third kappa shape index (κ3) is 2.18. The molecule has 2 aromatic heterocycles. The molecule has 0 amide bonds. The van der Waals surface area contributed by atoms with Gasteiger partial charge in [0.15, 0.2) is 5.75 Å². The predicted molar refractivity (Wildman–Crippen MR) is 78.1 cm³/mol. The van der Waals surface area contributed by atoms with Gasteiger partial charge in [-0.2, -0.15) is 0 Å². The van der Waals surface area contributed by atoms with Gasteiger partial charge >= 0.3 is 0 Å². The predicted octanol–water partition coefficient (Wildman–Crippen LogP) is 2.56. The van der Waals surface area contributed by atoms with Crippen molar-refractivity contribution < 1.29 is 4.74 Å². The zero-order chi connectivity index (χ0) is 14.3. The fraction of sp³-hybridized carbons (Fsp3) is 0.357. The molecule has 1 aliphatic carbocycles. The largest absolute Gasteiger partial charge is 0.484 e. The topological polar surface area (TPSA) is 57.0 Å². The van der Waals surface area contributed by atoms with E-state index in [4.69, 9.17) is 16.3 Å². The minimum Gasteiger partial charge on any atom is -0.484 e. The highest BCUT2D eigenvalue weighted by atomic mass is 35.5. The van der Waals surface area contributed by atoms with E-state index >= 15 is 0 Å². The molecule has 1 saturated carbocycles. The Kier molecular flexibility index (Phi) is 3.22. The van der Waals surface area contributed by atoms with Gasteiger partial charge in [0.25, 0.3) is 5.56 Å². The van der Waals surface area contributed by atoms with E-state index in [1.54, 1.807) is 13.2 Å². The molecular weight excluding hydrogens is 278 g/mol. The molecule has 1 aliphatic rings. The number of hydrogen-bond donors (Lipinski definition) is 0. The molecule has 0 aliphatic heterocycles. The van der Waals surface area contributed by atoms with Gasteiger partial charge in [-0.15, -0.1) is 0 Å².